The number of rotatable bonds is 3. The average Bonchev–Trinajstić information content (AvgIpc) is 2.78. The molecule has 0 aliphatic carbocycles. The molecule has 0 spiro atoms. The van der Waals surface area contributed by atoms with Crippen molar-refractivity contribution in [3.8, 4) is 11.3 Å². The Bertz CT molecular complexity index is 611. The number of furan rings is 1. The highest BCUT2D eigenvalue weighted by molar-refractivity contribution is 6.30. The first-order valence-corrected chi connectivity index (χ1v) is 5.71. The third-order valence-corrected chi connectivity index (χ3v) is 2.72. The number of carbonyl (C=O) groups is 1. The van der Waals surface area contributed by atoms with Gasteiger partial charge in [-0.1, -0.05) is 17.7 Å². The lowest BCUT2D eigenvalue weighted by atomic mass is 10.1. The minimum Gasteiger partial charge on any atom is -0.478 e. The van der Waals surface area contributed by atoms with Crippen LogP contribution in [0, 0.1) is 6.92 Å². The number of carboxylic acid groups (broad SMARTS) is 1. The Morgan fingerprint density at radius 3 is 2.83 bits per heavy atom. The molecule has 0 saturated carbocycles. The molecule has 1 heterocycles. The summed E-state index contributed by atoms with van der Waals surface area (Å²) in [6.45, 7) is 1.96. The molecule has 1 N–H and O–H groups in total. The maximum absolute atomic E-state index is 10.4. The van der Waals surface area contributed by atoms with E-state index in [2.05, 4.69) is 0 Å². The van der Waals surface area contributed by atoms with E-state index in [-0.39, 0.29) is 0 Å². The zero-order valence-corrected chi connectivity index (χ0v) is 10.4. The van der Waals surface area contributed by atoms with Gasteiger partial charge in [0.25, 0.3) is 0 Å². The zero-order valence-electron chi connectivity index (χ0n) is 9.68. The predicted molar refractivity (Wildman–Crippen MR) is 70.6 cm³/mol. The monoisotopic (exact) mass is 262 g/mol. The van der Waals surface area contributed by atoms with E-state index in [1.807, 2.05) is 25.1 Å². The van der Waals surface area contributed by atoms with Crippen molar-refractivity contribution in [2.75, 3.05) is 0 Å². The number of benzene rings is 1. The van der Waals surface area contributed by atoms with Gasteiger partial charge in [-0.2, -0.15) is 0 Å². The van der Waals surface area contributed by atoms with Crippen LogP contribution in [0.3, 0.4) is 0 Å². The maximum Gasteiger partial charge on any atom is 0.328 e. The van der Waals surface area contributed by atoms with Crippen molar-refractivity contribution in [3.63, 3.8) is 0 Å². The number of aryl methyl sites for hydroxylation is 1. The van der Waals surface area contributed by atoms with Crippen LogP contribution in [0.5, 0.6) is 0 Å². The van der Waals surface area contributed by atoms with Crippen LogP contribution < -0.4 is 0 Å². The van der Waals surface area contributed by atoms with E-state index < -0.39 is 5.97 Å². The summed E-state index contributed by atoms with van der Waals surface area (Å²) >= 11 is 5.94. The van der Waals surface area contributed by atoms with Gasteiger partial charge in [0, 0.05) is 16.7 Å². The maximum atomic E-state index is 10.4. The molecule has 2 aromatic rings. The zero-order chi connectivity index (χ0) is 13.1. The normalized spacial score (nSPS) is 11.0. The summed E-state index contributed by atoms with van der Waals surface area (Å²) in [6, 6.07) is 9.05. The molecule has 0 saturated heterocycles. The number of aliphatic carboxylic acids is 1. The first kappa shape index (κ1) is 12.5. The quantitative estimate of drug-likeness (QED) is 0.851. The number of carboxylic acids is 1. The second-order valence-electron chi connectivity index (χ2n) is 3.83. The Morgan fingerprint density at radius 2 is 2.11 bits per heavy atom. The lowest BCUT2D eigenvalue weighted by Gasteiger charge is -2.02. The molecule has 0 bridgehead atoms. The first-order valence-electron chi connectivity index (χ1n) is 5.33. The molecular formula is C14H11ClO3. The average molecular weight is 263 g/mol. The van der Waals surface area contributed by atoms with Crippen molar-refractivity contribution >= 4 is 23.6 Å². The van der Waals surface area contributed by atoms with Crippen LogP contribution in [0.15, 0.2) is 40.8 Å². The van der Waals surface area contributed by atoms with Crippen LogP contribution in [0.4, 0.5) is 0 Å². The lowest BCUT2D eigenvalue weighted by Crippen LogP contribution is -1.84. The van der Waals surface area contributed by atoms with E-state index >= 15 is 0 Å². The molecule has 0 atom stereocenters. The Labute approximate surface area is 109 Å². The standard InChI is InChI=1S/C14H11ClO3/c1-9-2-3-10(15)8-12(9)13-6-4-11(18-13)5-7-14(16)17/h2-8H,1H3,(H,16,17)/b7-5+. The first-order chi connectivity index (χ1) is 8.56. The SMILES string of the molecule is Cc1ccc(Cl)cc1-c1ccc(/C=C/C(=O)O)o1. The fraction of sp³-hybridized carbons (Fsp3) is 0.0714. The number of halogens is 1. The smallest absolute Gasteiger partial charge is 0.328 e. The Morgan fingerprint density at radius 1 is 1.33 bits per heavy atom. The summed E-state index contributed by atoms with van der Waals surface area (Å²) in [7, 11) is 0. The molecule has 1 aromatic carbocycles. The minimum atomic E-state index is -1.01. The van der Waals surface area contributed by atoms with Gasteiger partial charge in [0.1, 0.15) is 11.5 Å². The van der Waals surface area contributed by atoms with Crippen LogP contribution in [-0.2, 0) is 4.79 Å². The van der Waals surface area contributed by atoms with Gasteiger partial charge in [-0.05, 0) is 42.8 Å². The predicted octanol–water partition coefficient (Wildman–Crippen LogP) is 4.01. The summed E-state index contributed by atoms with van der Waals surface area (Å²) in [6.07, 6.45) is 2.44. The Balaban J connectivity index is 2.35. The summed E-state index contributed by atoms with van der Waals surface area (Å²) in [5, 5.41) is 9.17. The number of hydrogen-bond donors (Lipinski definition) is 1. The molecule has 1 aromatic heterocycles. The van der Waals surface area contributed by atoms with Crippen LogP contribution in [0.1, 0.15) is 11.3 Å². The highest BCUT2D eigenvalue weighted by Gasteiger charge is 2.07. The van der Waals surface area contributed by atoms with Crippen LogP contribution in [0.25, 0.3) is 17.4 Å². The molecule has 0 radical (unpaired) electrons. The largest absolute Gasteiger partial charge is 0.478 e. The van der Waals surface area contributed by atoms with Crippen molar-refractivity contribution in [1.29, 1.82) is 0 Å². The molecule has 18 heavy (non-hydrogen) atoms. The third-order valence-electron chi connectivity index (χ3n) is 2.48. The lowest BCUT2D eigenvalue weighted by molar-refractivity contribution is -0.131. The molecule has 0 amide bonds. The Kier molecular flexibility index (Phi) is 3.53. The van der Waals surface area contributed by atoms with E-state index in [4.69, 9.17) is 21.1 Å². The highest BCUT2D eigenvalue weighted by atomic mass is 35.5. The number of hydrogen-bond acceptors (Lipinski definition) is 2. The second kappa shape index (κ2) is 5.10. The summed E-state index contributed by atoms with van der Waals surface area (Å²) in [5.74, 6) is 0.152. The molecule has 4 heteroatoms. The van der Waals surface area contributed by atoms with Gasteiger partial charge in [0.15, 0.2) is 0 Å². The van der Waals surface area contributed by atoms with Crippen LogP contribution >= 0.6 is 11.6 Å². The van der Waals surface area contributed by atoms with Gasteiger partial charge < -0.3 is 9.52 Å². The van der Waals surface area contributed by atoms with Gasteiger partial charge in [-0.3, -0.25) is 0 Å². The van der Waals surface area contributed by atoms with E-state index in [0.717, 1.165) is 17.2 Å². The summed E-state index contributed by atoms with van der Waals surface area (Å²) in [5.41, 5.74) is 1.94. The van der Waals surface area contributed by atoms with E-state index in [9.17, 15) is 4.79 Å². The van der Waals surface area contributed by atoms with Crippen molar-refractivity contribution < 1.29 is 14.3 Å². The minimum absolute atomic E-state index is 0.492. The van der Waals surface area contributed by atoms with Gasteiger partial charge in [0.05, 0.1) is 0 Å². The van der Waals surface area contributed by atoms with Crippen molar-refractivity contribution in [1.82, 2.24) is 0 Å². The Hall–Kier alpha value is -2.00. The highest BCUT2D eigenvalue weighted by Crippen LogP contribution is 2.28. The summed E-state index contributed by atoms with van der Waals surface area (Å²) in [4.78, 5) is 10.4. The van der Waals surface area contributed by atoms with E-state index in [1.54, 1.807) is 12.1 Å². The molecule has 0 aliphatic rings. The van der Waals surface area contributed by atoms with Crippen LogP contribution in [-0.4, -0.2) is 11.1 Å². The van der Waals surface area contributed by atoms with Gasteiger partial charge in [-0.25, -0.2) is 4.79 Å². The fourth-order valence-electron chi connectivity index (χ4n) is 1.60. The molecule has 3 nitrogen and oxygen atoms in total. The molecule has 0 fully saturated rings. The van der Waals surface area contributed by atoms with Gasteiger partial charge >= 0.3 is 5.97 Å². The van der Waals surface area contributed by atoms with E-state index in [0.29, 0.717) is 16.5 Å². The fourth-order valence-corrected chi connectivity index (χ4v) is 1.77. The molecule has 2 rings (SSSR count). The second-order valence-corrected chi connectivity index (χ2v) is 4.27. The molecule has 0 unspecified atom stereocenters. The van der Waals surface area contributed by atoms with Gasteiger partial charge in [0.2, 0.25) is 0 Å². The molecule has 0 aliphatic heterocycles. The van der Waals surface area contributed by atoms with Crippen molar-refractivity contribution in [2.24, 2.45) is 0 Å². The third kappa shape index (κ3) is 2.81. The van der Waals surface area contributed by atoms with Crippen LogP contribution in [0.2, 0.25) is 5.02 Å². The topological polar surface area (TPSA) is 50.4 Å². The van der Waals surface area contributed by atoms with Crippen molar-refractivity contribution in [2.45, 2.75) is 6.92 Å². The van der Waals surface area contributed by atoms with Gasteiger partial charge in [-0.15, -0.1) is 0 Å². The van der Waals surface area contributed by atoms with E-state index in [1.165, 1.54) is 6.08 Å². The molecular weight excluding hydrogens is 252 g/mol. The summed E-state index contributed by atoms with van der Waals surface area (Å²) < 4.78 is 5.55. The molecule has 92 valence electrons. The van der Waals surface area contributed by atoms with Crippen molar-refractivity contribution in [3.05, 3.63) is 52.8 Å².